The largest absolute Gasteiger partial charge is 0.489 e. The highest BCUT2D eigenvalue weighted by Gasteiger charge is 2.37. The van der Waals surface area contributed by atoms with E-state index >= 15 is 0 Å². The predicted octanol–water partition coefficient (Wildman–Crippen LogP) is 6.79. The summed E-state index contributed by atoms with van der Waals surface area (Å²) in [5.74, 6) is 6.75. The van der Waals surface area contributed by atoms with E-state index in [1.165, 1.54) is 11.3 Å². The maximum atomic E-state index is 14.0. The molecule has 1 amide bonds. The Labute approximate surface area is 224 Å². The topological polar surface area (TPSA) is 79.7 Å². The number of pyridine rings is 1. The van der Waals surface area contributed by atoms with Crippen LogP contribution >= 0.6 is 11.3 Å². The fourth-order valence-electron chi connectivity index (χ4n) is 5.25. The Bertz CT molecular complexity index is 1140. The van der Waals surface area contributed by atoms with Crippen molar-refractivity contribution in [1.29, 1.82) is 0 Å². The van der Waals surface area contributed by atoms with Crippen molar-refractivity contribution in [2.45, 2.75) is 91.2 Å². The first-order valence-corrected chi connectivity index (χ1v) is 14.2. The lowest BCUT2D eigenvalue weighted by Gasteiger charge is -2.39. The Morgan fingerprint density at radius 3 is 2.41 bits per heavy atom. The van der Waals surface area contributed by atoms with Gasteiger partial charge in [-0.25, -0.2) is 4.79 Å². The molecule has 0 spiro atoms. The average Bonchev–Trinajstić information content (AvgIpc) is 3.29. The molecule has 0 atom stereocenters. The molecule has 6 nitrogen and oxygen atoms in total. The van der Waals surface area contributed by atoms with Crippen molar-refractivity contribution in [3.8, 4) is 17.6 Å². The van der Waals surface area contributed by atoms with E-state index in [1.807, 2.05) is 43.9 Å². The first kappa shape index (κ1) is 27.2. The van der Waals surface area contributed by atoms with E-state index in [4.69, 9.17) is 4.74 Å². The molecule has 1 N–H and O–H groups in total. The van der Waals surface area contributed by atoms with E-state index < -0.39 is 5.97 Å². The number of ether oxygens (including phenoxy) is 1. The normalized spacial score (nSPS) is 24.0. The monoisotopic (exact) mass is 522 g/mol. The van der Waals surface area contributed by atoms with Crippen LogP contribution in [0.5, 0.6) is 5.75 Å². The average molecular weight is 523 g/mol. The molecule has 2 aromatic rings. The Morgan fingerprint density at radius 2 is 1.81 bits per heavy atom. The molecule has 0 radical (unpaired) electrons. The van der Waals surface area contributed by atoms with Crippen molar-refractivity contribution in [3.05, 3.63) is 40.3 Å². The molecule has 2 fully saturated rings. The van der Waals surface area contributed by atoms with Crippen LogP contribution in [0.4, 0.5) is 5.69 Å². The van der Waals surface area contributed by atoms with Crippen LogP contribution in [0.3, 0.4) is 0 Å². The fourth-order valence-corrected chi connectivity index (χ4v) is 6.10. The summed E-state index contributed by atoms with van der Waals surface area (Å²) in [4.78, 5) is 33.2. The number of carbonyl (C=O) groups excluding carboxylic acids is 1. The van der Waals surface area contributed by atoms with Crippen molar-refractivity contribution in [3.63, 3.8) is 0 Å². The molecule has 2 aliphatic carbocycles. The summed E-state index contributed by atoms with van der Waals surface area (Å²) in [5, 5.41) is 10.1. The molecule has 2 heterocycles. The number of rotatable bonds is 6. The van der Waals surface area contributed by atoms with Gasteiger partial charge in [0, 0.05) is 23.6 Å². The molecule has 2 aromatic heterocycles. The maximum Gasteiger partial charge on any atom is 0.348 e. The van der Waals surface area contributed by atoms with Gasteiger partial charge in [-0.3, -0.25) is 9.78 Å². The van der Waals surface area contributed by atoms with Crippen LogP contribution in [-0.2, 0) is 4.79 Å². The molecule has 0 aliphatic heterocycles. The van der Waals surface area contributed by atoms with Gasteiger partial charge in [-0.1, -0.05) is 18.8 Å². The van der Waals surface area contributed by atoms with Crippen molar-refractivity contribution < 1.29 is 19.4 Å². The standard InChI is InChI=1S/C30H38N2O4S/c1-20-7-9-21(10-8-20)28(33)32(22-11-13-23(14-12-22)36-24-6-5-17-31-19-24)26-18-25(15-16-30(2,3)4)37-27(26)29(34)35/h5-6,17-23H,7-14H2,1-4H3,(H,34,35)/t20-,21-,22-,23+. The highest BCUT2D eigenvalue weighted by Crippen LogP contribution is 2.39. The number of aromatic nitrogens is 1. The lowest BCUT2D eigenvalue weighted by atomic mass is 9.81. The zero-order chi connectivity index (χ0) is 26.6. The Balaban J connectivity index is 1.61. The quantitative estimate of drug-likeness (QED) is 0.423. The van der Waals surface area contributed by atoms with Gasteiger partial charge in [-0.05, 0) is 96.3 Å². The third-order valence-electron chi connectivity index (χ3n) is 7.28. The highest BCUT2D eigenvalue weighted by atomic mass is 32.1. The van der Waals surface area contributed by atoms with Gasteiger partial charge in [-0.15, -0.1) is 11.3 Å². The van der Waals surface area contributed by atoms with Crippen LogP contribution in [0.25, 0.3) is 0 Å². The second-order valence-corrected chi connectivity index (χ2v) is 12.6. The lowest BCUT2D eigenvalue weighted by molar-refractivity contribution is -0.124. The number of carbonyl (C=O) groups is 2. The molecule has 2 aliphatic rings. The number of nitrogens with zero attached hydrogens (tertiary/aromatic N) is 2. The van der Waals surface area contributed by atoms with E-state index in [9.17, 15) is 14.7 Å². The smallest absolute Gasteiger partial charge is 0.348 e. The van der Waals surface area contributed by atoms with Crippen molar-refractivity contribution in [2.75, 3.05) is 4.90 Å². The minimum Gasteiger partial charge on any atom is -0.489 e. The molecular formula is C30H38N2O4S. The summed E-state index contributed by atoms with van der Waals surface area (Å²) >= 11 is 1.17. The van der Waals surface area contributed by atoms with E-state index in [2.05, 4.69) is 23.7 Å². The van der Waals surface area contributed by atoms with E-state index in [1.54, 1.807) is 12.4 Å². The minimum atomic E-state index is -1.01. The first-order chi connectivity index (χ1) is 17.6. The summed E-state index contributed by atoms with van der Waals surface area (Å²) in [6.07, 6.45) is 10.4. The van der Waals surface area contributed by atoms with Gasteiger partial charge in [0.05, 0.1) is 22.9 Å². The molecule has 4 rings (SSSR count). The third-order valence-corrected chi connectivity index (χ3v) is 8.30. The maximum absolute atomic E-state index is 14.0. The molecule has 0 bridgehead atoms. The van der Waals surface area contributed by atoms with Gasteiger partial charge >= 0.3 is 5.97 Å². The van der Waals surface area contributed by atoms with Gasteiger partial charge in [0.15, 0.2) is 0 Å². The summed E-state index contributed by atoms with van der Waals surface area (Å²) in [5.41, 5.74) is 0.310. The predicted molar refractivity (Wildman–Crippen MR) is 147 cm³/mol. The van der Waals surface area contributed by atoms with Crippen LogP contribution in [-0.4, -0.2) is 34.1 Å². The molecule has 37 heavy (non-hydrogen) atoms. The summed E-state index contributed by atoms with van der Waals surface area (Å²) in [6.45, 7) is 8.32. The van der Waals surface area contributed by atoms with Gasteiger partial charge in [0.2, 0.25) is 5.91 Å². The molecule has 2 saturated carbocycles. The van der Waals surface area contributed by atoms with Gasteiger partial charge in [0.1, 0.15) is 10.6 Å². The van der Waals surface area contributed by atoms with E-state index in [0.29, 0.717) is 16.5 Å². The molecule has 198 valence electrons. The summed E-state index contributed by atoms with van der Waals surface area (Å²) in [7, 11) is 0. The number of carboxylic acid groups (broad SMARTS) is 1. The second kappa shape index (κ2) is 11.7. The third kappa shape index (κ3) is 7.13. The van der Waals surface area contributed by atoms with Gasteiger partial charge < -0.3 is 14.7 Å². The highest BCUT2D eigenvalue weighted by molar-refractivity contribution is 7.15. The molecule has 7 heteroatoms. The SMILES string of the molecule is CC(C)(C)C#Cc1cc(N(C(=O)[C@H]2CC[C@H](C)CC2)[C@H]2CC[C@@H](Oc3cccnc3)CC2)c(C(=O)O)s1. The number of amides is 1. The number of carboxylic acids is 1. The number of thiophene rings is 1. The Hall–Kier alpha value is -2.85. The van der Waals surface area contributed by atoms with Crippen molar-refractivity contribution in [1.82, 2.24) is 4.98 Å². The summed E-state index contributed by atoms with van der Waals surface area (Å²) < 4.78 is 6.13. The van der Waals surface area contributed by atoms with Gasteiger partial charge in [0.25, 0.3) is 0 Å². The zero-order valence-electron chi connectivity index (χ0n) is 22.3. The minimum absolute atomic E-state index is 0.0579. The second-order valence-electron chi connectivity index (χ2n) is 11.5. The van der Waals surface area contributed by atoms with Crippen molar-refractivity contribution in [2.24, 2.45) is 17.3 Å². The van der Waals surface area contributed by atoms with Crippen molar-refractivity contribution >= 4 is 28.9 Å². The van der Waals surface area contributed by atoms with E-state index in [0.717, 1.165) is 57.1 Å². The Morgan fingerprint density at radius 1 is 1.11 bits per heavy atom. The van der Waals surface area contributed by atoms with Crippen LogP contribution in [0.15, 0.2) is 30.6 Å². The lowest BCUT2D eigenvalue weighted by Crippen LogP contribution is -2.47. The number of hydrogen-bond acceptors (Lipinski definition) is 5. The molecule has 0 aromatic carbocycles. The van der Waals surface area contributed by atoms with Crippen LogP contribution < -0.4 is 9.64 Å². The summed E-state index contributed by atoms with van der Waals surface area (Å²) in [6, 6.07) is 5.53. The zero-order valence-corrected chi connectivity index (χ0v) is 23.1. The Kier molecular flexibility index (Phi) is 8.59. The van der Waals surface area contributed by atoms with E-state index in [-0.39, 0.29) is 34.3 Å². The van der Waals surface area contributed by atoms with Crippen LogP contribution in [0.2, 0.25) is 0 Å². The number of aromatic carboxylic acids is 1. The molecular weight excluding hydrogens is 484 g/mol. The number of hydrogen-bond donors (Lipinski definition) is 1. The van der Waals surface area contributed by atoms with Crippen LogP contribution in [0, 0.1) is 29.1 Å². The molecule has 0 unspecified atom stereocenters. The van der Waals surface area contributed by atoms with Crippen LogP contribution in [0.1, 0.15) is 93.6 Å². The molecule has 0 saturated heterocycles. The number of anilines is 1. The fraction of sp³-hybridized carbons (Fsp3) is 0.567. The first-order valence-electron chi connectivity index (χ1n) is 13.4. The van der Waals surface area contributed by atoms with Gasteiger partial charge in [-0.2, -0.15) is 0 Å².